The van der Waals surface area contributed by atoms with Gasteiger partial charge in [-0.3, -0.25) is 9.00 Å². The van der Waals surface area contributed by atoms with Gasteiger partial charge in [-0.05, 0) is 24.6 Å². The molecule has 0 N–H and O–H groups in total. The van der Waals surface area contributed by atoms with Crippen LogP contribution in [0.25, 0.3) is 0 Å². The molecule has 4 nitrogen and oxygen atoms in total. The van der Waals surface area contributed by atoms with Crippen LogP contribution in [0.15, 0.2) is 17.0 Å². The van der Waals surface area contributed by atoms with Crippen molar-refractivity contribution >= 4 is 34.2 Å². The standard InChI is InChI=1S/C16H15F7N2O2S2/c1-8-2-9(17)10(3-12(8)29(27)7-16(21,22)23)24-4-11-14(24)28-5-13(26)25(11)6-15(18,19)20/h2-3,11,14H,4-7H2,1H3. The molecule has 1 amide bonds. The first kappa shape index (κ1) is 22.2. The Morgan fingerprint density at radius 3 is 2.41 bits per heavy atom. The Morgan fingerprint density at radius 2 is 1.83 bits per heavy atom. The van der Waals surface area contributed by atoms with Crippen LogP contribution in [0.4, 0.5) is 36.4 Å². The number of alkyl halides is 6. The van der Waals surface area contributed by atoms with E-state index >= 15 is 0 Å². The summed E-state index contributed by atoms with van der Waals surface area (Å²) in [6.45, 7) is -0.197. The summed E-state index contributed by atoms with van der Waals surface area (Å²) in [6.07, 6.45) is -9.26. The number of rotatable bonds is 4. The third-order valence-corrected chi connectivity index (χ3v) is 7.41. The summed E-state index contributed by atoms with van der Waals surface area (Å²) in [5.41, 5.74) is -0.0627. The monoisotopic (exact) mass is 464 g/mol. The van der Waals surface area contributed by atoms with E-state index in [0.29, 0.717) is 4.90 Å². The van der Waals surface area contributed by atoms with E-state index in [2.05, 4.69) is 0 Å². The first-order chi connectivity index (χ1) is 13.3. The molecule has 0 spiro atoms. The van der Waals surface area contributed by atoms with Gasteiger partial charge in [0.1, 0.15) is 18.1 Å². The van der Waals surface area contributed by atoms with Crippen LogP contribution in [-0.4, -0.2) is 63.4 Å². The molecule has 0 aliphatic carbocycles. The number of carbonyl (C=O) groups is 1. The first-order valence-corrected chi connectivity index (χ1v) is 10.6. The second-order valence-electron chi connectivity index (χ2n) is 6.73. The molecule has 1 aromatic carbocycles. The average Bonchev–Trinajstić information content (AvgIpc) is 2.50. The molecule has 1 aromatic rings. The molecule has 3 rings (SSSR count). The van der Waals surface area contributed by atoms with Crippen LogP contribution in [0.1, 0.15) is 5.56 Å². The predicted octanol–water partition coefficient (Wildman–Crippen LogP) is 3.46. The van der Waals surface area contributed by atoms with Gasteiger partial charge in [0.25, 0.3) is 0 Å². The summed E-state index contributed by atoms with van der Waals surface area (Å²) in [5.74, 6) is -3.28. The summed E-state index contributed by atoms with van der Waals surface area (Å²) in [4.78, 5) is 13.8. The number of hydrogen-bond acceptors (Lipinski definition) is 4. The molecule has 2 saturated heterocycles. The number of carbonyl (C=O) groups excluding carboxylic acids is 1. The smallest absolute Gasteiger partial charge is 0.353 e. The quantitative estimate of drug-likeness (QED) is 0.641. The van der Waals surface area contributed by atoms with Crippen LogP contribution in [0.5, 0.6) is 0 Å². The molecular formula is C16H15F7N2O2S2. The van der Waals surface area contributed by atoms with E-state index in [1.54, 1.807) is 0 Å². The van der Waals surface area contributed by atoms with E-state index in [0.717, 1.165) is 23.9 Å². The van der Waals surface area contributed by atoms with Gasteiger partial charge < -0.3 is 9.80 Å². The molecule has 2 aliphatic rings. The van der Waals surface area contributed by atoms with Crippen LogP contribution in [0, 0.1) is 12.7 Å². The lowest BCUT2D eigenvalue weighted by molar-refractivity contribution is -0.166. The van der Waals surface area contributed by atoms with Crippen LogP contribution in [-0.2, 0) is 15.6 Å². The van der Waals surface area contributed by atoms with Gasteiger partial charge in [-0.25, -0.2) is 4.39 Å². The molecule has 2 fully saturated rings. The van der Waals surface area contributed by atoms with Crippen LogP contribution in [0.2, 0.25) is 0 Å². The number of thioether (sulfide) groups is 1. The fourth-order valence-corrected chi connectivity index (χ4v) is 5.74. The molecule has 3 unspecified atom stereocenters. The Kier molecular flexibility index (Phi) is 5.84. The van der Waals surface area contributed by atoms with Crippen LogP contribution >= 0.6 is 11.8 Å². The Morgan fingerprint density at radius 1 is 1.17 bits per heavy atom. The number of halogens is 7. The normalized spacial score (nSPS) is 23.7. The van der Waals surface area contributed by atoms with Crippen molar-refractivity contribution in [1.82, 2.24) is 4.90 Å². The molecule has 0 radical (unpaired) electrons. The number of aryl methyl sites for hydroxylation is 1. The molecule has 29 heavy (non-hydrogen) atoms. The molecule has 2 aliphatic heterocycles. The minimum atomic E-state index is -4.68. The number of fused-ring (bicyclic) bond motifs is 1. The molecule has 0 bridgehead atoms. The Balaban J connectivity index is 1.84. The summed E-state index contributed by atoms with van der Waals surface area (Å²) in [5, 5.41) is -0.670. The SMILES string of the molecule is Cc1cc(F)c(N2CC3C2SCC(=O)N3CC(F)(F)F)cc1S(=O)CC(F)(F)F. The lowest BCUT2D eigenvalue weighted by Crippen LogP contribution is -2.70. The zero-order chi connectivity index (χ0) is 21.7. The summed E-state index contributed by atoms with van der Waals surface area (Å²) in [7, 11) is -2.45. The number of hydrogen-bond donors (Lipinski definition) is 0. The van der Waals surface area contributed by atoms with Gasteiger partial charge in [0.15, 0.2) is 0 Å². The van der Waals surface area contributed by atoms with Crippen molar-refractivity contribution in [3.8, 4) is 0 Å². The summed E-state index contributed by atoms with van der Waals surface area (Å²) < 4.78 is 102. The van der Waals surface area contributed by atoms with Gasteiger partial charge in [-0.15, -0.1) is 11.8 Å². The summed E-state index contributed by atoms with van der Waals surface area (Å²) >= 11 is 1.04. The largest absolute Gasteiger partial charge is 0.406 e. The van der Waals surface area contributed by atoms with E-state index in [4.69, 9.17) is 0 Å². The van der Waals surface area contributed by atoms with E-state index in [-0.39, 0.29) is 28.4 Å². The number of nitrogens with zero attached hydrogens (tertiary/aromatic N) is 2. The lowest BCUT2D eigenvalue weighted by atomic mass is 10.0. The lowest BCUT2D eigenvalue weighted by Gasteiger charge is -2.55. The van der Waals surface area contributed by atoms with Crippen molar-refractivity contribution in [1.29, 1.82) is 0 Å². The van der Waals surface area contributed by atoms with E-state index in [9.17, 15) is 39.7 Å². The van der Waals surface area contributed by atoms with Crippen molar-refractivity contribution in [2.75, 3.05) is 29.5 Å². The highest BCUT2D eigenvalue weighted by Gasteiger charge is 2.51. The van der Waals surface area contributed by atoms with Crippen molar-refractivity contribution < 1.29 is 39.7 Å². The van der Waals surface area contributed by atoms with E-state index in [1.165, 1.54) is 11.8 Å². The highest BCUT2D eigenvalue weighted by atomic mass is 32.2. The molecule has 3 atom stereocenters. The van der Waals surface area contributed by atoms with Gasteiger partial charge in [0.2, 0.25) is 5.91 Å². The van der Waals surface area contributed by atoms with Gasteiger partial charge in [0.05, 0.1) is 33.7 Å². The number of amides is 1. The highest BCUT2D eigenvalue weighted by molar-refractivity contribution is 8.00. The Hall–Kier alpha value is -1.50. The van der Waals surface area contributed by atoms with Gasteiger partial charge in [-0.2, -0.15) is 26.3 Å². The third kappa shape index (κ3) is 4.81. The second kappa shape index (κ2) is 7.64. The fourth-order valence-electron chi connectivity index (χ4n) is 3.31. The molecule has 0 aromatic heterocycles. The molecular weight excluding hydrogens is 449 g/mol. The van der Waals surface area contributed by atoms with E-state index < -0.39 is 58.6 Å². The topological polar surface area (TPSA) is 40.6 Å². The zero-order valence-corrected chi connectivity index (χ0v) is 16.4. The fraction of sp³-hybridized carbons (Fsp3) is 0.562. The van der Waals surface area contributed by atoms with Crippen molar-refractivity contribution in [2.24, 2.45) is 0 Å². The van der Waals surface area contributed by atoms with Crippen LogP contribution < -0.4 is 4.90 Å². The van der Waals surface area contributed by atoms with Gasteiger partial charge in [-0.1, -0.05) is 0 Å². The summed E-state index contributed by atoms with van der Waals surface area (Å²) in [6, 6.07) is 1.21. The maximum Gasteiger partial charge on any atom is 0.406 e. The predicted molar refractivity (Wildman–Crippen MR) is 93.6 cm³/mol. The van der Waals surface area contributed by atoms with E-state index in [1.807, 2.05) is 0 Å². The Bertz CT molecular complexity index is 844. The molecule has 13 heteroatoms. The maximum atomic E-state index is 14.5. The number of anilines is 1. The molecule has 2 heterocycles. The van der Waals surface area contributed by atoms with Crippen molar-refractivity contribution in [3.63, 3.8) is 0 Å². The first-order valence-electron chi connectivity index (χ1n) is 8.26. The van der Waals surface area contributed by atoms with Crippen LogP contribution in [0.3, 0.4) is 0 Å². The van der Waals surface area contributed by atoms with Gasteiger partial charge in [0, 0.05) is 11.4 Å². The van der Waals surface area contributed by atoms with Gasteiger partial charge >= 0.3 is 12.4 Å². The van der Waals surface area contributed by atoms with Crippen molar-refractivity contribution in [2.45, 2.75) is 35.6 Å². The average molecular weight is 464 g/mol. The minimum Gasteiger partial charge on any atom is -0.353 e. The van der Waals surface area contributed by atoms with Crippen molar-refractivity contribution in [3.05, 3.63) is 23.5 Å². The Labute approximate surface area is 167 Å². The second-order valence-corrected chi connectivity index (χ2v) is 9.26. The maximum absolute atomic E-state index is 14.5. The number of benzene rings is 1. The third-order valence-electron chi connectivity index (χ3n) is 4.56. The molecule has 0 saturated carbocycles. The zero-order valence-electron chi connectivity index (χ0n) is 14.8. The molecule has 162 valence electrons. The highest BCUT2D eigenvalue weighted by Crippen LogP contribution is 2.42. The minimum absolute atomic E-state index is 0.0797.